The van der Waals surface area contributed by atoms with E-state index in [4.69, 9.17) is 5.26 Å². The van der Waals surface area contributed by atoms with Crippen molar-refractivity contribution in [2.24, 2.45) is 0 Å². The molecule has 0 aliphatic carbocycles. The molecule has 1 aromatic carbocycles. The van der Waals surface area contributed by atoms with E-state index in [1.54, 1.807) is 19.1 Å². The summed E-state index contributed by atoms with van der Waals surface area (Å²) in [6.07, 6.45) is 2.59. The van der Waals surface area contributed by atoms with E-state index in [0.29, 0.717) is 11.1 Å². The summed E-state index contributed by atoms with van der Waals surface area (Å²) in [5.41, 5.74) is 1.02. The van der Waals surface area contributed by atoms with E-state index in [0.717, 1.165) is 32.4 Å². The third-order valence-electron chi connectivity index (χ3n) is 3.50. The number of nitrogens with zero attached hydrogens (tertiary/aromatic N) is 1. The summed E-state index contributed by atoms with van der Waals surface area (Å²) in [5.74, 6) is 0. The van der Waals surface area contributed by atoms with Gasteiger partial charge in [0, 0.05) is 6.04 Å². The van der Waals surface area contributed by atoms with Gasteiger partial charge in [-0.2, -0.15) is 5.26 Å². The number of rotatable bonds is 3. The molecule has 0 saturated carbocycles. The van der Waals surface area contributed by atoms with Crippen LogP contribution in [0.4, 0.5) is 0 Å². The van der Waals surface area contributed by atoms with Crippen molar-refractivity contribution in [2.75, 3.05) is 13.1 Å². The molecule has 0 spiro atoms. The first kappa shape index (κ1) is 15.0. The Morgan fingerprint density at radius 3 is 2.90 bits per heavy atom. The average Bonchev–Trinajstić information content (AvgIpc) is 2.67. The number of aryl methyl sites for hydroxylation is 1. The largest absolute Gasteiger partial charge is 0.317 e. The summed E-state index contributed by atoms with van der Waals surface area (Å²) in [7, 11) is -3.57. The van der Waals surface area contributed by atoms with Crippen LogP contribution in [-0.4, -0.2) is 27.5 Å². The summed E-state index contributed by atoms with van der Waals surface area (Å²) >= 11 is 0. The number of nitriles is 1. The summed E-state index contributed by atoms with van der Waals surface area (Å²) < 4.78 is 27.7. The van der Waals surface area contributed by atoms with Gasteiger partial charge in [0.1, 0.15) is 0 Å². The van der Waals surface area contributed by atoms with Gasteiger partial charge >= 0.3 is 0 Å². The third kappa shape index (κ3) is 3.57. The molecule has 0 radical (unpaired) electrons. The molecule has 0 aromatic heterocycles. The van der Waals surface area contributed by atoms with Crippen molar-refractivity contribution in [1.29, 1.82) is 5.26 Å². The Kier molecular flexibility index (Phi) is 4.76. The van der Waals surface area contributed by atoms with Gasteiger partial charge in [-0.25, -0.2) is 13.1 Å². The minimum atomic E-state index is -3.57. The van der Waals surface area contributed by atoms with Crippen molar-refractivity contribution in [2.45, 2.75) is 37.1 Å². The Balaban J connectivity index is 2.23. The van der Waals surface area contributed by atoms with Crippen LogP contribution in [0.3, 0.4) is 0 Å². The van der Waals surface area contributed by atoms with Crippen LogP contribution >= 0.6 is 0 Å². The zero-order valence-corrected chi connectivity index (χ0v) is 12.3. The van der Waals surface area contributed by atoms with Crippen LogP contribution < -0.4 is 10.0 Å². The van der Waals surface area contributed by atoms with Gasteiger partial charge in [0.15, 0.2) is 0 Å². The normalized spacial score (nSPS) is 20.1. The number of nitrogens with one attached hydrogen (secondary N) is 2. The molecule has 0 bridgehead atoms. The van der Waals surface area contributed by atoms with Gasteiger partial charge in [-0.3, -0.25) is 0 Å². The lowest BCUT2D eigenvalue weighted by atomic mass is 10.1. The molecule has 1 aliphatic rings. The van der Waals surface area contributed by atoms with E-state index < -0.39 is 10.0 Å². The van der Waals surface area contributed by atoms with Gasteiger partial charge in [-0.1, -0.05) is 6.07 Å². The van der Waals surface area contributed by atoms with Crippen molar-refractivity contribution in [3.63, 3.8) is 0 Å². The maximum Gasteiger partial charge on any atom is 0.241 e. The molecular weight excluding hydrogens is 274 g/mol. The molecule has 2 N–H and O–H groups in total. The molecule has 1 aliphatic heterocycles. The molecule has 1 unspecified atom stereocenters. The highest BCUT2D eigenvalue weighted by molar-refractivity contribution is 7.89. The first-order valence-electron chi connectivity index (χ1n) is 6.77. The molecule has 0 amide bonds. The molecule has 6 heteroatoms. The van der Waals surface area contributed by atoms with E-state index in [2.05, 4.69) is 10.0 Å². The smallest absolute Gasteiger partial charge is 0.241 e. The van der Waals surface area contributed by atoms with Crippen molar-refractivity contribution in [1.82, 2.24) is 10.0 Å². The Hall–Kier alpha value is -1.42. The highest BCUT2D eigenvalue weighted by atomic mass is 32.2. The standard InChI is InChI=1S/C14H19N3O2S/c1-11-4-5-12(10-15)9-14(11)20(18,19)17-13-3-2-7-16-8-6-13/h4-5,9,13,16-17H,2-3,6-8H2,1H3. The maximum absolute atomic E-state index is 12.5. The number of sulfonamides is 1. The molecule has 1 fully saturated rings. The van der Waals surface area contributed by atoms with Crippen molar-refractivity contribution < 1.29 is 8.42 Å². The predicted octanol–water partition coefficient (Wildman–Crippen LogP) is 1.29. The minimum Gasteiger partial charge on any atom is -0.317 e. The Morgan fingerprint density at radius 2 is 2.15 bits per heavy atom. The van der Waals surface area contributed by atoms with E-state index in [1.165, 1.54) is 6.07 Å². The van der Waals surface area contributed by atoms with Crippen molar-refractivity contribution >= 4 is 10.0 Å². The molecule has 20 heavy (non-hydrogen) atoms. The lowest BCUT2D eigenvalue weighted by Crippen LogP contribution is -2.35. The Bertz CT molecular complexity index is 612. The lowest BCUT2D eigenvalue weighted by Gasteiger charge is -2.17. The molecule has 108 valence electrons. The number of hydrogen-bond donors (Lipinski definition) is 2. The van der Waals surface area contributed by atoms with Gasteiger partial charge in [0.2, 0.25) is 10.0 Å². The molecule has 1 atom stereocenters. The van der Waals surface area contributed by atoms with Crippen LogP contribution in [0.25, 0.3) is 0 Å². The molecule has 2 rings (SSSR count). The van der Waals surface area contributed by atoms with Crippen LogP contribution in [0.15, 0.2) is 23.1 Å². The average molecular weight is 293 g/mol. The predicted molar refractivity (Wildman–Crippen MR) is 76.7 cm³/mol. The van der Waals surface area contributed by atoms with Crippen LogP contribution in [0.2, 0.25) is 0 Å². The fourth-order valence-corrected chi connectivity index (χ4v) is 3.95. The van der Waals surface area contributed by atoms with E-state index >= 15 is 0 Å². The molecule has 1 heterocycles. The van der Waals surface area contributed by atoms with Crippen molar-refractivity contribution in [3.8, 4) is 6.07 Å². The zero-order chi connectivity index (χ0) is 14.6. The van der Waals surface area contributed by atoms with E-state index in [-0.39, 0.29) is 10.9 Å². The lowest BCUT2D eigenvalue weighted by molar-refractivity contribution is 0.517. The van der Waals surface area contributed by atoms with Gasteiger partial charge in [0.05, 0.1) is 16.5 Å². The molecular formula is C14H19N3O2S. The van der Waals surface area contributed by atoms with Crippen LogP contribution in [0.5, 0.6) is 0 Å². The van der Waals surface area contributed by atoms with Gasteiger partial charge in [-0.15, -0.1) is 0 Å². The van der Waals surface area contributed by atoms with Crippen molar-refractivity contribution in [3.05, 3.63) is 29.3 Å². The second-order valence-corrected chi connectivity index (χ2v) is 6.77. The second-order valence-electron chi connectivity index (χ2n) is 5.09. The Morgan fingerprint density at radius 1 is 1.35 bits per heavy atom. The summed E-state index contributed by atoms with van der Waals surface area (Å²) in [5, 5.41) is 12.2. The zero-order valence-electron chi connectivity index (χ0n) is 11.5. The monoisotopic (exact) mass is 293 g/mol. The highest BCUT2D eigenvalue weighted by Gasteiger charge is 2.22. The molecule has 5 nitrogen and oxygen atoms in total. The van der Waals surface area contributed by atoms with Crippen LogP contribution in [0.1, 0.15) is 30.4 Å². The first-order chi connectivity index (χ1) is 9.53. The fraction of sp³-hybridized carbons (Fsp3) is 0.500. The van der Waals surface area contributed by atoms with E-state index in [9.17, 15) is 8.42 Å². The molecule has 1 saturated heterocycles. The maximum atomic E-state index is 12.5. The summed E-state index contributed by atoms with van der Waals surface area (Å²) in [4.78, 5) is 0.203. The van der Waals surface area contributed by atoms with Gasteiger partial charge in [-0.05, 0) is 57.0 Å². The second kappa shape index (κ2) is 6.35. The summed E-state index contributed by atoms with van der Waals surface area (Å²) in [6, 6.07) is 6.67. The van der Waals surface area contributed by atoms with Crippen LogP contribution in [0, 0.1) is 18.3 Å². The minimum absolute atomic E-state index is 0.0415. The first-order valence-corrected chi connectivity index (χ1v) is 8.25. The number of hydrogen-bond acceptors (Lipinski definition) is 4. The fourth-order valence-electron chi connectivity index (χ4n) is 2.38. The number of benzene rings is 1. The van der Waals surface area contributed by atoms with Gasteiger partial charge < -0.3 is 5.32 Å². The SMILES string of the molecule is Cc1ccc(C#N)cc1S(=O)(=O)NC1CCCNCC1. The topological polar surface area (TPSA) is 82.0 Å². The van der Waals surface area contributed by atoms with E-state index in [1.807, 2.05) is 6.07 Å². The van der Waals surface area contributed by atoms with Gasteiger partial charge in [0.25, 0.3) is 0 Å². The quantitative estimate of drug-likeness (QED) is 0.879. The molecule has 1 aromatic rings. The summed E-state index contributed by atoms with van der Waals surface area (Å²) in [6.45, 7) is 3.50. The third-order valence-corrected chi connectivity index (χ3v) is 5.17. The van der Waals surface area contributed by atoms with Crippen LogP contribution in [-0.2, 0) is 10.0 Å². The highest BCUT2D eigenvalue weighted by Crippen LogP contribution is 2.18. The Labute approximate surface area is 120 Å².